The molecule has 0 radical (unpaired) electrons. The molecule has 0 bridgehead atoms. The van der Waals surface area contributed by atoms with Crippen LogP contribution in [0.4, 0.5) is 0 Å². The van der Waals surface area contributed by atoms with E-state index in [4.69, 9.17) is 4.99 Å². The van der Waals surface area contributed by atoms with Gasteiger partial charge in [0.05, 0.1) is 6.54 Å². The summed E-state index contributed by atoms with van der Waals surface area (Å²) in [6.07, 6.45) is 10.8. The fourth-order valence-corrected chi connectivity index (χ4v) is 4.84. The summed E-state index contributed by atoms with van der Waals surface area (Å²) < 4.78 is 0. The molecule has 4 fully saturated rings. The van der Waals surface area contributed by atoms with Crippen LogP contribution >= 0.6 is 0 Å². The lowest BCUT2D eigenvalue weighted by Gasteiger charge is -2.36. The molecule has 27 heavy (non-hydrogen) atoms. The second kappa shape index (κ2) is 8.80. The summed E-state index contributed by atoms with van der Waals surface area (Å²) in [4.78, 5) is 21.5. The molecular formula is C21H37N5O. The number of nitrogens with zero attached hydrogens (tertiary/aromatic N) is 3. The van der Waals surface area contributed by atoms with Crippen LogP contribution in [0.3, 0.4) is 0 Å². The SMILES string of the molecule is CCN=C(NC1CC1C1CCCCC1)N1CCN(CC(=O)NC2CC2)CC1. The third-order valence-corrected chi connectivity index (χ3v) is 6.70. The zero-order chi connectivity index (χ0) is 18.6. The van der Waals surface area contributed by atoms with Crippen LogP contribution in [0.2, 0.25) is 0 Å². The number of hydrogen-bond acceptors (Lipinski definition) is 3. The molecule has 0 aromatic carbocycles. The molecule has 2 unspecified atom stereocenters. The molecule has 0 spiro atoms. The van der Waals surface area contributed by atoms with Crippen molar-refractivity contribution in [3.05, 3.63) is 0 Å². The predicted molar refractivity (Wildman–Crippen MR) is 109 cm³/mol. The average molecular weight is 376 g/mol. The van der Waals surface area contributed by atoms with Gasteiger partial charge in [0.25, 0.3) is 0 Å². The first-order valence-corrected chi connectivity index (χ1v) is 11.3. The highest BCUT2D eigenvalue weighted by molar-refractivity contribution is 5.81. The van der Waals surface area contributed by atoms with E-state index in [-0.39, 0.29) is 5.91 Å². The zero-order valence-corrected chi connectivity index (χ0v) is 17.0. The Bertz CT molecular complexity index is 533. The molecule has 4 rings (SSSR count). The number of nitrogens with one attached hydrogen (secondary N) is 2. The predicted octanol–water partition coefficient (Wildman–Crippen LogP) is 1.82. The van der Waals surface area contributed by atoms with Crippen LogP contribution in [0.15, 0.2) is 4.99 Å². The van der Waals surface area contributed by atoms with Gasteiger partial charge in [0.15, 0.2) is 5.96 Å². The van der Waals surface area contributed by atoms with Crippen LogP contribution in [0.5, 0.6) is 0 Å². The minimum Gasteiger partial charge on any atom is -0.353 e. The molecule has 1 heterocycles. The molecule has 0 aromatic rings. The number of piperazine rings is 1. The Morgan fingerprint density at radius 2 is 1.74 bits per heavy atom. The van der Waals surface area contributed by atoms with Crippen LogP contribution in [-0.4, -0.2) is 73.0 Å². The van der Waals surface area contributed by atoms with E-state index >= 15 is 0 Å². The molecule has 6 nitrogen and oxygen atoms in total. The first-order chi connectivity index (χ1) is 13.2. The van der Waals surface area contributed by atoms with Crippen molar-refractivity contribution >= 4 is 11.9 Å². The highest BCUT2D eigenvalue weighted by Crippen LogP contribution is 2.44. The number of guanidine groups is 1. The molecule has 6 heteroatoms. The minimum absolute atomic E-state index is 0.194. The first kappa shape index (κ1) is 19.0. The van der Waals surface area contributed by atoms with E-state index in [1.807, 2.05) is 0 Å². The Hall–Kier alpha value is -1.30. The van der Waals surface area contributed by atoms with Gasteiger partial charge in [-0.2, -0.15) is 0 Å². The van der Waals surface area contributed by atoms with Gasteiger partial charge in [-0.3, -0.25) is 14.7 Å². The average Bonchev–Trinajstić information content (AvgIpc) is 3.60. The molecule has 2 atom stereocenters. The minimum atomic E-state index is 0.194. The molecule has 1 aliphatic heterocycles. The van der Waals surface area contributed by atoms with Crippen LogP contribution in [0, 0.1) is 11.8 Å². The number of carbonyl (C=O) groups is 1. The van der Waals surface area contributed by atoms with Gasteiger partial charge in [0, 0.05) is 44.8 Å². The summed E-state index contributed by atoms with van der Waals surface area (Å²) >= 11 is 0. The van der Waals surface area contributed by atoms with Gasteiger partial charge in [0.2, 0.25) is 5.91 Å². The van der Waals surface area contributed by atoms with Gasteiger partial charge < -0.3 is 15.5 Å². The molecule has 3 saturated carbocycles. The largest absolute Gasteiger partial charge is 0.353 e. The molecule has 3 aliphatic carbocycles. The standard InChI is InChI=1S/C21H37N5O/c1-2-22-21(24-19-14-18(19)16-6-4-3-5-7-16)26-12-10-25(11-13-26)15-20(27)23-17-8-9-17/h16-19H,2-15H2,1H3,(H,22,24)(H,23,27). The zero-order valence-electron chi connectivity index (χ0n) is 17.0. The summed E-state index contributed by atoms with van der Waals surface area (Å²) in [7, 11) is 0. The second-order valence-corrected chi connectivity index (χ2v) is 8.95. The summed E-state index contributed by atoms with van der Waals surface area (Å²) in [6.45, 7) is 7.30. The number of aliphatic imine (C=N–C) groups is 1. The maximum atomic E-state index is 12.0. The lowest BCUT2D eigenvalue weighted by molar-refractivity contribution is -0.122. The van der Waals surface area contributed by atoms with Crippen LogP contribution in [0.1, 0.15) is 58.3 Å². The Kier molecular flexibility index (Phi) is 6.21. The third-order valence-electron chi connectivity index (χ3n) is 6.70. The third kappa shape index (κ3) is 5.37. The lowest BCUT2D eigenvalue weighted by Crippen LogP contribution is -2.54. The molecular weight excluding hydrogens is 338 g/mol. The number of hydrogen-bond donors (Lipinski definition) is 2. The van der Waals surface area contributed by atoms with E-state index in [1.165, 1.54) is 38.5 Å². The van der Waals surface area contributed by atoms with Crippen LogP contribution in [-0.2, 0) is 4.79 Å². The van der Waals surface area contributed by atoms with Crippen molar-refractivity contribution in [2.75, 3.05) is 39.3 Å². The highest BCUT2D eigenvalue weighted by Gasteiger charge is 2.44. The molecule has 2 N–H and O–H groups in total. The van der Waals surface area contributed by atoms with Crippen LogP contribution < -0.4 is 10.6 Å². The fraction of sp³-hybridized carbons (Fsp3) is 0.905. The summed E-state index contributed by atoms with van der Waals surface area (Å²) in [6, 6.07) is 1.10. The van der Waals surface area contributed by atoms with E-state index in [9.17, 15) is 4.79 Å². The van der Waals surface area contributed by atoms with E-state index in [0.29, 0.717) is 18.6 Å². The van der Waals surface area contributed by atoms with Gasteiger partial charge in [-0.05, 0) is 38.0 Å². The van der Waals surface area contributed by atoms with Crippen molar-refractivity contribution in [3.8, 4) is 0 Å². The summed E-state index contributed by atoms with van der Waals surface area (Å²) in [5.41, 5.74) is 0. The topological polar surface area (TPSA) is 60.0 Å². The quantitative estimate of drug-likeness (QED) is 0.549. The Labute approximate surface area is 164 Å². The first-order valence-electron chi connectivity index (χ1n) is 11.3. The van der Waals surface area contributed by atoms with Crippen molar-refractivity contribution in [1.29, 1.82) is 0 Å². The maximum absolute atomic E-state index is 12.0. The number of rotatable bonds is 6. The van der Waals surface area contributed by atoms with E-state index in [2.05, 4.69) is 27.4 Å². The normalized spacial score (nSPS) is 30.3. The van der Waals surface area contributed by atoms with Crippen LogP contribution in [0.25, 0.3) is 0 Å². The molecule has 4 aliphatic rings. The van der Waals surface area contributed by atoms with Gasteiger partial charge in [-0.25, -0.2) is 0 Å². The van der Waals surface area contributed by atoms with Crippen molar-refractivity contribution in [3.63, 3.8) is 0 Å². The lowest BCUT2D eigenvalue weighted by atomic mass is 9.85. The van der Waals surface area contributed by atoms with E-state index < -0.39 is 0 Å². The summed E-state index contributed by atoms with van der Waals surface area (Å²) in [5.74, 6) is 3.11. The smallest absolute Gasteiger partial charge is 0.234 e. The van der Waals surface area contributed by atoms with Gasteiger partial charge >= 0.3 is 0 Å². The van der Waals surface area contributed by atoms with Crippen molar-refractivity contribution in [2.24, 2.45) is 16.8 Å². The Morgan fingerprint density at radius 3 is 2.41 bits per heavy atom. The second-order valence-electron chi connectivity index (χ2n) is 8.95. The maximum Gasteiger partial charge on any atom is 0.234 e. The van der Waals surface area contributed by atoms with Crippen molar-refractivity contribution in [1.82, 2.24) is 20.4 Å². The highest BCUT2D eigenvalue weighted by atomic mass is 16.2. The molecule has 0 aromatic heterocycles. The van der Waals surface area contributed by atoms with Crippen molar-refractivity contribution < 1.29 is 4.79 Å². The molecule has 152 valence electrons. The van der Waals surface area contributed by atoms with Gasteiger partial charge in [-0.1, -0.05) is 32.1 Å². The summed E-state index contributed by atoms with van der Waals surface area (Å²) in [5, 5.41) is 6.87. The van der Waals surface area contributed by atoms with E-state index in [1.54, 1.807) is 0 Å². The van der Waals surface area contributed by atoms with Gasteiger partial charge in [0.1, 0.15) is 0 Å². The number of amides is 1. The monoisotopic (exact) mass is 375 g/mol. The fourth-order valence-electron chi connectivity index (χ4n) is 4.84. The van der Waals surface area contributed by atoms with E-state index in [0.717, 1.165) is 63.4 Å². The Morgan fingerprint density at radius 1 is 1.00 bits per heavy atom. The van der Waals surface area contributed by atoms with Gasteiger partial charge in [-0.15, -0.1) is 0 Å². The molecule has 1 amide bonds. The molecule has 1 saturated heterocycles. The Balaban J connectivity index is 1.21. The number of carbonyl (C=O) groups excluding carboxylic acids is 1. The van der Waals surface area contributed by atoms with Crippen molar-refractivity contribution in [2.45, 2.75) is 70.4 Å².